The number of halogens is 4. The molecule has 0 rings (SSSR count). The van der Waals surface area contributed by atoms with E-state index in [1.54, 1.807) is 20.8 Å². The highest BCUT2D eigenvalue weighted by Gasteiger charge is 2.42. The minimum Gasteiger partial charge on any atom is -0.387 e. The third-order valence-electron chi connectivity index (χ3n) is 1.60. The number of hydrogen-bond donors (Lipinski definition) is 1. The predicted octanol–water partition coefficient (Wildman–Crippen LogP) is 3.10. The highest BCUT2D eigenvalue weighted by Crippen LogP contribution is 2.36. The summed E-state index contributed by atoms with van der Waals surface area (Å²) < 4.78 is -1.87. The lowest BCUT2D eigenvalue weighted by Gasteiger charge is -2.27. The molecule has 0 heterocycles. The first-order valence-corrected chi connectivity index (χ1v) is 5.96. The number of aliphatic hydroxyl groups is 1. The van der Waals surface area contributed by atoms with Crippen molar-refractivity contribution in [1.29, 1.82) is 0 Å². The van der Waals surface area contributed by atoms with Crippen molar-refractivity contribution in [1.82, 2.24) is 0 Å². The van der Waals surface area contributed by atoms with Gasteiger partial charge in [-0.3, -0.25) is 4.79 Å². The van der Waals surface area contributed by atoms with E-state index in [1.165, 1.54) is 0 Å². The summed E-state index contributed by atoms with van der Waals surface area (Å²) in [6.45, 7) is 5.19. The van der Waals surface area contributed by atoms with Gasteiger partial charge in [-0.25, -0.2) is 0 Å². The zero-order valence-electron chi connectivity index (χ0n) is 8.02. The molecule has 0 amide bonds. The van der Waals surface area contributed by atoms with E-state index in [9.17, 15) is 9.90 Å². The summed E-state index contributed by atoms with van der Waals surface area (Å²) in [5.41, 5.74) is -0.592. The average Bonchev–Trinajstić information content (AvgIpc) is 1.97. The van der Waals surface area contributed by atoms with Crippen molar-refractivity contribution >= 4 is 56.5 Å². The highest BCUT2D eigenvalue weighted by molar-refractivity contribution is 9.10. The molecule has 84 valence electrons. The minimum atomic E-state index is -1.87. The molecule has 0 radical (unpaired) electrons. The van der Waals surface area contributed by atoms with Gasteiger partial charge < -0.3 is 5.11 Å². The Morgan fingerprint density at radius 2 is 1.64 bits per heavy atom. The molecule has 14 heavy (non-hydrogen) atoms. The maximum atomic E-state index is 11.7. The summed E-state index contributed by atoms with van der Waals surface area (Å²) in [6, 6.07) is 0. The van der Waals surface area contributed by atoms with Crippen LogP contribution in [-0.2, 0) is 4.79 Å². The number of alkyl halides is 4. The van der Waals surface area contributed by atoms with Crippen molar-refractivity contribution in [2.24, 2.45) is 5.41 Å². The molecule has 2 atom stereocenters. The van der Waals surface area contributed by atoms with Crippen LogP contribution in [0.15, 0.2) is 0 Å². The van der Waals surface area contributed by atoms with E-state index in [1.807, 2.05) is 0 Å². The van der Waals surface area contributed by atoms with Gasteiger partial charge in [0, 0.05) is 5.41 Å². The van der Waals surface area contributed by atoms with Gasteiger partial charge in [0.05, 0.1) is 0 Å². The van der Waals surface area contributed by atoms with Crippen molar-refractivity contribution in [2.75, 3.05) is 0 Å². The van der Waals surface area contributed by atoms with Gasteiger partial charge in [0.1, 0.15) is 10.9 Å². The van der Waals surface area contributed by atoms with Crippen molar-refractivity contribution in [3.05, 3.63) is 0 Å². The van der Waals surface area contributed by atoms with Crippen LogP contribution in [0.3, 0.4) is 0 Å². The van der Waals surface area contributed by atoms with Gasteiger partial charge in [0.2, 0.25) is 3.79 Å². The Labute approximate surface area is 107 Å². The molecule has 2 unspecified atom stereocenters. The number of Topliss-reactive ketones (excluding diaryl/α,β-unsaturated/α-hetero) is 1. The number of rotatable bonds is 2. The van der Waals surface area contributed by atoms with Crippen LogP contribution in [0.5, 0.6) is 0 Å². The molecule has 0 saturated carbocycles. The summed E-state index contributed by atoms with van der Waals surface area (Å²) in [5, 5.41) is 9.52. The fourth-order valence-corrected chi connectivity index (χ4v) is 2.64. The van der Waals surface area contributed by atoms with Crippen molar-refractivity contribution in [3.8, 4) is 0 Å². The Hall–Kier alpha value is 0.980. The lowest BCUT2D eigenvalue weighted by Crippen LogP contribution is -2.43. The van der Waals surface area contributed by atoms with Crippen LogP contribution in [0.4, 0.5) is 0 Å². The van der Waals surface area contributed by atoms with Crippen molar-refractivity contribution in [3.63, 3.8) is 0 Å². The summed E-state index contributed by atoms with van der Waals surface area (Å²) in [7, 11) is 0. The van der Waals surface area contributed by atoms with Gasteiger partial charge in [-0.15, -0.1) is 0 Å². The Balaban J connectivity index is 4.65. The highest BCUT2D eigenvalue weighted by atomic mass is 79.9. The second-order valence-electron chi connectivity index (χ2n) is 4.00. The van der Waals surface area contributed by atoms with E-state index >= 15 is 0 Å². The number of aliphatic hydroxyl groups excluding tert-OH is 1. The molecule has 0 spiro atoms. The second-order valence-corrected chi connectivity index (χ2v) is 7.36. The zero-order valence-corrected chi connectivity index (χ0v) is 11.9. The van der Waals surface area contributed by atoms with Gasteiger partial charge in [0.15, 0.2) is 5.78 Å². The first kappa shape index (κ1) is 15.0. The van der Waals surface area contributed by atoms with Crippen LogP contribution in [0.25, 0.3) is 0 Å². The van der Waals surface area contributed by atoms with Gasteiger partial charge in [-0.2, -0.15) is 0 Å². The van der Waals surface area contributed by atoms with Crippen LogP contribution in [0.2, 0.25) is 0 Å². The first-order valence-electron chi connectivity index (χ1n) is 3.91. The second kappa shape index (κ2) is 4.88. The van der Waals surface area contributed by atoms with E-state index in [0.717, 1.165) is 0 Å². The van der Waals surface area contributed by atoms with Gasteiger partial charge in [0.25, 0.3) is 0 Å². The Morgan fingerprint density at radius 3 is 1.86 bits per heavy atom. The molecule has 2 nitrogen and oxygen atoms in total. The monoisotopic (exact) mass is 324 g/mol. The Morgan fingerprint density at radius 1 is 1.29 bits per heavy atom. The van der Waals surface area contributed by atoms with Crippen molar-refractivity contribution < 1.29 is 9.90 Å². The molecule has 0 saturated heterocycles. The third-order valence-corrected chi connectivity index (χ3v) is 3.19. The normalized spacial score (nSPS) is 17.7. The van der Waals surface area contributed by atoms with E-state index < -0.39 is 20.1 Å². The van der Waals surface area contributed by atoms with Crippen LogP contribution in [0, 0.1) is 5.41 Å². The number of hydrogen-bond acceptors (Lipinski definition) is 2. The van der Waals surface area contributed by atoms with E-state index in [4.69, 9.17) is 34.8 Å². The average molecular weight is 326 g/mol. The topological polar surface area (TPSA) is 37.3 Å². The molecule has 0 aromatic heterocycles. The maximum absolute atomic E-state index is 11.7. The van der Waals surface area contributed by atoms with E-state index in [-0.39, 0.29) is 5.78 Å². The molecule has 6 heteroatoms. The van der Waals surface area contributed by atoms with Crippen molar-refractivity contribution in [2.45, 2.75) is 35.5 Å². The predicted molar refractivity (Wildman–Crippen MR) is 63.5 cm³/mol. The zero-order chi connectivity index (χ0) is 11.7. The molecule has 0 aromatic rings. The number of carbonyl (C=O) groups excluding carboxylic acids is 1. The summed E-state index contributed by atoms with van der Waals surface area (Å²) in [6.07, 6.45) is -1.36. The van der Waals surface area contributed by atoms with Crippen LogP contribution in [-0.4, -0.2) is 25.6 Å². The molecule has 0 aromatic carbocycles. The fraction of sp³-hybridized carbons (Fsp3) is 0.875. The van der Waals surface area contributed by atoms with E-state index in [2.05, 4.69) is 15.9 Å². The van der Waals surface area contributed by atoms with Crippen LogP contribution in [0.1, 0.15) is 20.8 Å². The lowest BCUT2D eigenvalue weighted by molar-refractivity contribution is -0.127. The molecular formula is C8H12BrCl3O2. The SMILES string of the molecule is CC(C)(C)C(=O)C(Br)C(O)C(Cl)(Cl)Cl. The molecule has 0 aliphatic carbocycles. The maximum Gasteiger partial charge on any atom is 0.217 e. The quantitative estimate of drug-likeness (QED) is 0.792. The number of ketones is 1. The minimum absolute atomic E-state index is 0.212. The molecule has 0 fully saturated rings. The number of carbonyl (C=O) groups is 1. The standard InChI is InChI=1S/C8H12BrCl3O2/c1-7(2,3)5(13)4(9)6(14)8(10,11)12/h4,6,14H,1-3H3. The van der Waals surface area contributed by atoms with Gasteiger partial charge in [-0.05, 0) is 0 Å². The first-order chi connectivity index (χ1) is 5.98. The van der Waals surface area contributed by atoms with Gasteiger partial charge >= 0.3 is 0 Å². The Bertz CT molecular complexity index is 220. The fourth-order valence-electron chi connectivity index (χ4n) is 0.723. The lowest BCUT2D eigenvalue weighted by atomic mass is 9.88. The summed E-state index contributed by atoms with van der Waals surface area (Å²) in [4.78, 5) is 10.8. The molecule has 0 aliphatic rings. The molecule has 0 bridgehead atoms. The molecule has 1 N–H and O–H groups in total. The van der Waals surface area contributed by atoms with Crippen LogP contribution >= 0.6 is 50.7 Å². The Kier molecular flexibility index (Phi) is 5.22. The van der Waals surface area contributed by atoms with Gasteiger partial charge in [-0.1, -0.05) is 71.5 Å². The van der Waals surface area contributed by atoms with E-state index in [0.29, 0.717) is 0 Å². The third kappa shape index (κ3) is 4.23. The molecular weight excluding hydrogens is 314 g/mol. The molecule has 0 aliphatic heterocycles. The van der Waals surface area contributed by atoms with Crippen LogP contribution < -0.4 is 0 Å². The summed E-state index contributed by atoms with van der Waals surface area (Å²) >= 11 is 19.4. The smallest absolute Gasteiger partial charge is 0.217 e. The largest absolute Gasteiger partial charge is 0.387 e. The summed E-state index contributed by atoms with van der Waals surface area (Å²) in [5.74, 6) is -0.212.